The van der Waals surface area contributed by atoms with Crippen LogP contribution in [-0.4, -0.2) is 35.6 Å². The van der Waals surface area contributed by atoms with Crippen molar-refractivity contribution in [1.29, 1.82) is 0 Å². The van der Waals surface area contributed by atoms with Gasteiger partial charge in [-0.05, 0) is 66.6 Å². The van der Waals surface area contributed by atoms with Crippen LogP contribution in [0.4, 0.5) is 4.39 Å². The van der Waals surface area contributed by atoms with Gasteiger partial charge in [0.25, 0.3) is 0 Å². The highest BCUT2D eigenvalue weighted by Crippen LogP contribution is 2.33. The van der Waals surface area contributed by atoms with Gasteiger partial charge in [0.1, 0.15) is 17.7 Å². The second-order valence-corrected chi connectivity index (χ2v) is 6.55. The van der Waals surface area contributed by atoms with Gasteiger partial charge < -0.3 is 4.74 Å². The lowest BCUT2D eigenvalue weighted by molar-refractivity contribution is 0.197. The van der Waals surface area contributed by atoms with E-state index in [4.69, 9.17) is 4.74 Å². The van der Waals surface area contributed by atoms with Crippen molar-refractivity contribution in [2.24, 2.45) is 0 Å². The van der Waals surface area contributed by atoms with Crippen LogP contribution in [0.25, 0.3) is 0 Å². The molecule has 4 heteroatoms. The summed E-state index contributed by atoms with van der Waals surface area (Å²) in [5, 5.41) is 0. The average molecular weight is 312 g/mol. The number of hydrogen-bond donors (Lipinski definition) is 0. The topological polar surface area (TPSA) is 25.4 Å². The Kier molecular flexibility index (Phi) is 4.00. The van der Waals surface area contributed by atoms with Crippen molar-refractivity contribution in [3.8, 4) is 5.75 Å². The Hall–Kier alpha value is -1.94. The van der Waals surface area contributed by atoms with Gasteiger partial charge in [-0.2, -0.15) is 0 Å². The lowest BCUT2D eigenvalue weighted by atomic mass is 10.0. The fraction of sp³-hybridized carbons (Fsp3) is 0.421. The van der Waals surface area contributed by atoms with Crippen LogP contribution in [0.3, 0.4) is 0 Å². The fourth-order valence-corrected chi connectivity index (χ4v) is 3.80. The fourth-order valence-electron chi connectivity index (χ4n) is 3.80. The minimum absolute atomic E-state index is 0.207. The highest BCUT2D eigenvalue weighted by Gasteiger charge is 2.29. The highest BCUT2D eigenvalue weighted by molar-refractivity contribution is 5.32. The van der Waals surface area contributed by atoms with Gasteiger partial charge in [0.05, 0.1) is 0 Å². The molecule has 2 heterocycles. The number of aromatic nitrogens is 1. The van der Waals surface area contributed by atoms with Crippen LogP contribution in [0.2, 0.25) is 0 Å². The molecule has 0 bridgehead atoms. The molecule has 1 aromatic heterocycles. The van der Waals surface area contributed by atoms with Crippen LogP contribution >= 0.6 is 0 Å². The van der Waals surface area contributed by atoms with Crippen molar-refractivity contribution < 1.29 is 9.13 Å². The molecular weight excluding hydrogens is 291 g/mol. The summed E-state index contributed by atoms with van der Waals surface area (Å²) in [5.74, 6) is 1.16. The Bertz CT molecular complexity index is 673. The van der Waals surface area contributed by atoms with Gasteiger partial charge in [0.2, 0.25) is 0 Å². The van der Waals surface area contributed by atoms with Crippen LogP contribution in [0, 0.1) is 5.82 Å². The monoisotopic (exact) mass is 312 g/mol. The molecule has 1 fully saturated rings. The third kappa shape index (κ3) is 3.22. The summed E-state index contributed by atoms with van der Waals surface area (Å²) in [6, 6.07) is 8.49. The molecule has 0 radical (unpaired) electrons. The largest absolute Gasteiger partial charge is 0.489 e. The molecule has 0 spiro atoms. The number of halogens is 1. The normalized spacial score (nSPS) is 23.9. The van der Waals surface area contributed by atoms with E-state index in [1.54, 1.807) is 12.1 Å². The first-order valence-electron chi connectivity index (χ1n) is 8.35. The third-order valence-electron chi connectivity index (χ3n) is 4.97. The average Bonchev–Trinajstić information content (AvgIpc) is 3.18. The summed E-state index contributed by atoms with van der Waals surface area (Å²) >= 11 is 0. The van der Waals surface area contributed by atoms with Crippen LogP contribution in [0.5, 0.6) is 5.75 Å². The van der Waals surface area contributed by atoms with Crippen molar-refractivity contribution in [1.82, 2.24) is 9.88 Å². The molecule has 3 nitrogen and oxygen atoms in total. The van der Waals surface area contributed by atoms with E-state index in [-0.39, 0.29) is 11.9 Å². The minimum atomic E-state index is -0.222. The van der Waals surface area contributed by atoms with Gasteiger partial charge in [0.15, 0.2) is 0 Å². The van der Waals surface area contributed by atoms with E-state index < -0.39 is 0 Å². The zero-order valence-corrected chi connectivity index (χ0v) is 13.1. The number of hydrogen-bond acceptors (Lipinski definition) is 3. The molecule has 120 valence electrons. The second-order valence-electron chi connectivity index (χ2n) is 6.55. The van der Waals surface area contributed by atoms with E-state index >= 15 is 0 Å². The molecule has 2 unspecified atom stereocenters. The van der Waals surface area contributed by atoms with Gasteiger partial charge in [-0.25, -0.2) is 4.39 Å². The summed E-state index contributed by atoms with van der Waals surface area (Å²) in [4.78, 5) is 6.72. The predicted octanol–water partition coefficient (Wildman–Crippen LogP) is 3.40. The lowest BCUT2D eigenvalue weighted by Crippen LogP contribution is -2.28. The number of pyridine rings is 1. The van der Waals surface area contributed by atoms with Gasteiger partial charge in [-0.1, -0.05) is 0 Å². The van der Waals surface area contributed by atoms with Crippen LogP contribution in [-0.2, 0) is 6.42 Å². The molecule has 2 atom stereocenters. The highest BCUT2D eigenvalue weighted by atomic mass is 19.1. The smallest absolute Gasteiger partial charge is 0.123 e. The quantitative estimate of drug-likeness (QED) is 0.865. The van der Waals surface area contributed by atoms with Crippen molar-refractivity contribution in [2.45, 2.75) is 31.3 Å². The van der Waals surface area contributed by atoms with E-state index in [1.807, 2.05) is 12.4 Å². The van der Waals surface area contributed by atoms with Crippen LogP contribution in [0.1, 0.15) is 29.9 Å². The Morgan fingerprint density at radius 3 is 2.91 bits per heavy atom. The second kappa shape index (κ2) is 6.28. The molecule has 4 rings (SSSR count). The Morgan fingerprint density at radius 1 is 1.17 bits per heavy atom. The van der Waals surface area contributed by atoms with E-state index in [2.05, 4.69) is 16.0 Å². The lowest BCUT2D eigenvalue weighted by Gasteiger charge is -2.21. The van der Waals surface area contributed by atoms with Crippen molar-refractivity contribution in [3.63, 3.8) is 0 Å². The summed E-state index contributed by atoms with van der Waals surface area (Å²) in [6.45, 7) is 3.12. The molecule has 1 aliphatic heterocycles. The van der Waals surface area contributed by atoms with Gasteiger partial charge >= 0.3 is 0 Å². The van der Waals surface area contributed by atoms with E-state index in [0.29, 0.717) is 5.92 Å². The van der Waals surface area contributed by atoms with E-state index in [9.17, 15) is 4.39 Å². The predicted molar refractivity (Wildman–Crippen MR) is 87.2 cm³/mol. The molecule has 2 aromatic rings. The molecule has 23 heavy (non-hydrogen) atoms. The van der Waals surface area contributed by atoms with Crippen molar-refractivity contribution in [3.05, 3.63) is 59.7 Å². The Morgan fingerprint density at radius 2 is 2.04 bits per heavy atom. The number of aryl methyl sites for hydroxylation is 1. The third-order valence-corrected chi connectivity index (χ3v) is 4.97. The number of rotatable bonds is 4. The first-order valence-corrected chi connectivity index (χ1v) is 8.35. The van der Waals surface area contributed by atoms with Gasteiger partial charge in [-0.15, -0.1) is 0 Å². The van der Waals surface area contributed by atoms with Gasteiger partial charge in [0, 0.05) is 32.0 Å². The molecule has 0 N–H and O–H groups in total. The first-order chi connectivity index (χ1) is 11.3. The maximum Gasteiger partial charge on any atom is 0.123 e. The molecule has 2 aliphatic rings. The van der Waals surface area contributed by atoms with Crippen molar-refractivity contribution >= 4 is 0 Å². The maximum atomic E-state index is 12.9. The molecule has 1 aromatic carbocycles. The van der Waals surface area contributed by atoms with E-state index in [0.717, 1.165) is 38.2 Å². The first kappa shape index (κ1) is 14.6. The molecule has 0 saturated carbocycles. The number of likely N-dealkylation sites (tertiary alicyclic amines) is 1. The summed E-state index contributed by atoms with van der Waals surface area (Å²) in [5.41, 5.74) is 2.89. The molecule has 0 amide bonds. The number of nitrogens with zero attached hydrogens (tertiary/aromatic N) is 2. The minimum Gasteiger partial charge on any atom is -0.489 e. The van der Waals surface area contributed by atoms with Crippen molar-refractivity contribution in [2.75, 3.05) is 19.6 Å². The summed E-state index contributed by atoms with van der Waals surface area (Å²) in [6.07, 6.45) is 7.53. The SMILES string of the molecule is Fc1ccc(OC2CCN(CC3CCc4cnccc43)C2)cc1. The Labute approximate surface area is 136 Å². The Balaban J connectivity index is 1.33. The molecular formula is C19H21FN2O. The summed E-state index contributed by atoms with van der Waals surface area (Å²) < 4.78 is 18.9. The van der Waals surface area contributed by atoms with Gasteiger partial charge in [-0.3, -0.25) is 9.88 Å². The standard InChI is InChI=1S/C19H21FN2O/c20-16-3-5-17(6-4-16)23-18-8-10-22(13-18)12-15-2-1-14-11-21-9-7-19(14)15/h3-7,9,11,15,18H,1-2,8,10,12-13H2. The number of ether oxygens (including phenoxy) is 1. The van der Waals surface area contributed by atoms with E-state index in [1.165, 1.54) is 29.7 Å². The maximum absolute atomic E-state index is 12.9. The molecule has 1 saturated heterocycles. The zero-order valence-electron chi connectivity index (χ0n) is 13.1. The summed E-state index contributed by atoms with van der Waals surface area (Å²) in [7, 11) is 0. The molecule has 1 aliphatic carbocycles. The van der Waals surface area contributed by atoms with Crippen LogP contribution in [0.15, 0.2) is 42.7 Å². The number of fused-ring (bicyclic) bond motifs is 1. The number of benzene rings is 1. The zero-order chi connectivity index (χ0) is 15.6. The van der Waals surface area contributed by atoms with Crippen LogP contribution < -0.4 is 4.74 Å².